The van der Waals surface area contributed by atoms with E-state index in [0.29, 0.717) is 11.3 Å². The molecular formula is C12H10ClFN2O. The molecule has 88 valence electrons. The quantitative estimate of drug-likeness (QED) is 0.771. The maximum atomic E-state index is 13.6. The summed E-state index contributed by atoms with van der Waals surface area (Å²) >= 11 is 5.64. The first-order chi connectivity index (χ1) is 8.00. The van der Waals surface area contributed by atoms with Gasteiger partial charge in [-0.3, -0.25) is 9.48 Å². The molecule has 1 heterocycles. The Labute approximate surface area is 103 Å². The average Bonchev–Trinajstić information content (AvgIpc) is 2.59. The van der Waals surface area contributed by atoms with Crippen molar-refractivity contribution in [2.45, 2.75) is 6.92 Å². The maximum absolute atomic E-state index is 13.6. The van der Waals surface area contributed by atoms with E-state index >= 15 is 0 Å². The Balaban J connectivity index is 2.47. The SMILES string of the molecule is Cc1c(C(=O)c2ccc(Cl)cc2F)cnn1C. The summed E-state index contributed by atoms with van der Waals surface area (Å²) in [6.45, 7) is 1.76. The summed E-state index contributed by atoms with van der Waals surface area (Å²) in [4.78, 5) is 12.1. The summed E-state index contributed by atoms with van der Waals surface area (Å²) in [5.41, 5.74) is 1.10. The molecule has 0 spiro atoms. The molecule has 0 radical (unpaired) electrons. The molecule has 0 aliphatic heterocycles. The molecule has 0 atom stereocenters. The van der Waals surface area contributed by atoms with Gasteiger partial charge in [-0.1, -0.05) is 11.6 Å². The molecule has 2 aromatic rings. The van der Waals surface area contributed by atoms with E-state index in [0.717, 1.165) is 6.07 Å². The van der Waals surface area contributed by atoms with Gasteiger partial charge < -0.3 is 0 Å². The first-order valence-electron chi connectivity index (χ1n) is 4.99. The highest BCUT2D eigenvalue weighted by atomic mass is 35.5. The van der Waals surface area contributed by atoms with Crippen LogP contribution in [-0.4, -0.2) is 15.6 Å². The second-order valence-electron chi connectivity index (χ2n) is 3.72. The smallest absolute Gasteiger partial charge is 0.199 e. The molecule has 0 fully saturated rings. The molecule has 1 aromatic heterocycles. The summed E-state index contributed by atoms with van der Waals surface area (Å²) in [5, 5.41) is 4.22. The Morgan fingerprint density at radius 2 is 2.12 bits per heavy atom. The summed E-state index contributed by atoms with van der Waals surface area (Å²) in [5.74, 6) is -1.00. The highest BCUT2D eigenvalue weighted by Crippen LogP contribution is 2.19. The number of aromatic nitrogens is 2. The van der Waals surface area contributed by atoms with Crippen molar-refractivity contribution in [3.8, 4) is 0 Å². The normalized spacial score (nSPS) is 10.6. The second kappa shape index (κ2) is 4.30. The lowest BCUT2D eigenvalue weighted by Crippen LogP contribution is -2.06. The van der Waals surface area contributed by atoms with Crippen LogP contribution >= 0.6 is 11.6 Å². The molecular weight excluding hydrogens is 243 g/mol. The zero-order valence-electron chi connectivity index (χ0n) is 9.37. The van der Waals surface area contributed by atoms with Crippen molar-refractivity contribution in [2.24, 2.45) is 7.05 Å². The topological polar surface area (TPSA) is 34.9 Å². The molecule has 5 heteroatoms. The van der Waals surface area contributed by atoms with Crippen LogP contribution in [0.15, 0.2) is 24.4 Å². The molecule has 0 bridgehead atoms. The fraction of sp³-hybridized carbons (Fsp3) is 0.167. The standard InChI is InChI=1S/C12H10ClFN2O/c1-7-10(6-15-16(7)2)12(17)9-4-3-8(13)5-11(9)14/h3-6H,1-2H3. The number of hydrogen-bond acceptors (Lipinski definition) is 2. The minimum atomic E-state index is -0.620. The van der Waals surface area contributed by atoms with Crippen LogP contribution in [0.3, 0.4) is 0 Å². The second-order valence-corrected chi connectivity index (χ2v) is 4.16. The van der Waals surface area contributed by atoms with Gasteiger partial charge in [0.15, 0.2) is 5.78 Å². The molecule has 2 rings (SSSR count). The fourth-order valence-corrected chi connectivity index (χ4v) is 1.70. The highest BCUT2D eigenvalue weighted by molar-refractivity contribution is 6.30. The largest absolute Gasteiger partial charge is 0.288 e. The van der Waals surface area contributed by atoms with E-state index in [1.807, 2.05) is 0 Å². The zero-order chi connectivity index (χ0) is 12.6. The van der Waals surface area contributed by atoms with Crippen LogP contribution in [-0.2, 0) is 7.05 Å². The number of ketones is 1. The molecule has 0 unspecified atom stereocenters. The van der Waals surface area contributed by atoms with E-state index in [1.165, 1.54) is 18.3 Å². The van der Waals surface area contributed by atoms with Crippen molar-refractivity contribution in [2.75, 3.05) is 0 Å². The lowest BCUT2D eigenvalue weighted by Gasteiger charge is -2.02. The fourth-order valence-electron chi connectivity index (χ4n) is 1.54. The van der Waals surface area contributed by atoms with Crippen molar-refractivity contribution in [3.63, 3.8) is 0 Å². The first kappa shape index (κ1) is 11.8. The molecule has 3 nitrogen and oxygen atoms in total. The Kier molecular flexibility index (Phi) is 2.98. The molecule has 0 amide bonds. The van der Waals surface area contributed by atoms with Gasteiger partial charge in [-0.05, 0) is 25.1 Å². The molecule has 0 saturated carbocycles. The zero-order valence-corrected chi connectivity index (χ0v) is 10.1. The number of aryl methyl sites for hydroxylation is 1. The first-order valence-corrected chi connectivity index (χ1v) is 5.37. The number of carbonyl (C=O) groups excluding carboxylic acids is 1. The van der Waals surface area contributed by atoms with Gasteiger partial charge in [-0.2, -0.15) is 5.10 Å². The Morgan fingerprint density at radius 1 is 1.41 bits per heavy atom. The Morgan fingerprint density at radius 3 is 2.65 bits per heavy atom. The summed E-state index contributed by atoms with van der Waals surface area (Å²) in [6, 6.07) is 4.00. The number of rotatable bonds is 2. The predicted molar refractivity (Wildman–Crippen MR) is 62.8 cm³/mol. The third-order valence-corrected chi connectivity index (χ3v) is 2.89. The molecule has 0 aliphatic rings. The van der Waals surface area contributed by atoms with E-state index in [1.54, 1.807) is 18.7 Å². The van der Waals surface area contributed by atoms with E-state index in [9.17, 15) is 9.18 Å². The molecule has 0 saturated heterocycles. The van der Waals surface area contributed by atoms with Gasteiger partial charge >= 0.3 is 0 Å². The highest BCUT2D eigenvalue weighted by Gasteiger charge is 2.18. The third-order valence-electron chi connectivity index (χ3n) is 2.66. The van der Waals surface area contributed by atoms with Gasteiger partial charge in [0.25, 0.3) is 0 Å². The van der Waals surface area contributed by atoms with Crippen molar-refractivity contribution < 1.29 is 9.18 Å². The number of carbonyl (C=O) groups is 1. The van der Waals surface area contributed by atoms with Crippen molar-refractivity contribution in [1.29, 1.82) is 0 Å². The summed E-state index contributed by atoms with van der Waals surface area (Å²) in [7, 11) is 1.73. The van der Waals surface area contributed by atoms with Gasteiger partial charge in [0, 0.05) is 17.8 Å². The van der Waals surface area contributed by atoms with E-state index in [2.05, 4.69) is 5.10 Å². The number of nitrogens with zero attached hydrogens (tertiary/aromatic N) is 2. The predicted octanol–water partition coefficient (Wildman–Crippen LogP) is 2.75. The van der Waals surface area contributed by atoms with Gasteiger partial charge in [0.2, 0.25) is 0 Å². The van der Waals surface area contributed by atoms with E-state index in [4.69, 9.17) is 11.6 Å². The lowest BCUT2D eigenvalue weighted by molar-refractivity contribution is 0.103. The molecule has 1 aromatic carbocycles. The van der Waals surface area contributed by atoms with Crippen molar-refractivity contribution in [3.05, 3.63) is 52.1 Å². The van der Waals surface area contributed by atoms with Crippen molar-refractivity contribution >= 4 is 17.4 Å². The Hall–Kier alpha value is -1.68. The Bertz CT molecular complexity index is 592. The van der Waals surface area contributed by atoms with Gasteiger partial charge in [0.05, 0.1) is 17.3 Å². The number of benzene rings is 1. The minimum absolute atomic E-state index is 0.00509. The van der Waals surface area contributed by atoms with Crippen LogP contribution in [0.25, 0.3) is 0 Å². The third kappa shape index (κ3) is 2.08. The van der Waals surface area contributed by atoms with Crippen LogP contribution in [0, 0.1) is 12.7 Å². The molecule has 17 heavy (non-hydrogen) atoms. The van der Waals surface area contributed by atoms with E-state index < -0.39 is 5.82 Å². The van der Waals surface area contributed by atoms with Crippen molar-refractivity contribution in [1.82, 2.24) is 9.78 Å². The summed E-state index contributed by atoms with van der Waals surface area (Å²) < 4.78 is 15.2. The maximum Gasteiger partial charge on any atom is 0.199 e. The van der Waals surface area contributed by atoms with Crippen LogP contribution in [0.1, 0.15) is 21.6 Å². The average molecular weight is 253 g/mol. The minimum Gasteiger partial charge on any atom is -0.288 e. The van der Waals surface area contributed by atoms with Crippen LogP contribution in [0.5, 0.6) is 0 Å². The molecule has 0 N–H and O–H groups in total. The van der Waals surface area contributed by atoms with E-state index in [-0.39, 0.29) is 16.4 Å². The lowest BCUT2D eigenvalue weighted by atomic mass is 10.0. The van der Waals surface area contributed by atoms with Crippen LogP contribution < -0.4 is 0 Å². The van der Waals surface area contributed by atoms with Gasteiger partial charge in [0.1, 0.15) is 5.82 Å². The summed E-state index contributed by atoms with van der Waals surface area (Å²) in [6.07, 6.45) is 1.44. The van der Waals surface area contributed by atoms with Gasteiger partial charge in [-0.15, -0.1) is 0 Å². The molecule has 0 aliphatic carbocycles. The van der Waals surface area contributed by atoms with Crippen LogP contribution in [0.2, 0.25) is 5.02 Å². The number of halogens is 2. The number of hydrogen-bond donors (Lipinski definition) is 0. The van der Waals surface area contributed by atoms with Gasteiger partial charge in [-0.25, -0.2) is 4.39 Å². The monoisotopic (exact) mass is 252 g/mol. The van der Waals surface area contributed by atoms with Crippen LogP contribution in [0.4, 0.5) is 4.39 Å².